The first kappa shape index (κ1) is 18.6. The van der Waals surface area contributed by atoms with Crippen molar-refractivity contribution < 1.29 is 18.6 Å². The Morgan fingerprint density at radius 1 is 0.852 bits per heavy atom. The van der Waals surface area contributed by atoms with E-state index >= 15 is 0 Å². The molecule has 5 heteroatoms. The quantitative estimate of drug-likeness (QED) is 0.606. The average Bonchev–Trinajstić information content (AvgIpc) is 2.72. The highest BCUT2D eigenvalue weighted by atomic mass is 19.1. The highest BCUT2D eigenvalue weighted by molar-refractivity contribution is 5.51. The predicted octanol–water partition coefficient (Wildman–Crippen LogP) is 5.03. The molecule has 0 aliphatic carbocycles. The molecule has 4 nitrogen and oxygen atoms in total. The first-order valence-electron chi connectivity index (χ1n) is 8.60. The van der Waals surface area contributed by atoms with Crippen molar-refractivity contribution in [1.82, 2.24) is 0 Å². The van der Waals surface area contributed by atoms with Gasteiger partial charge in [0.25, 0.3) is 0 Å². The largest absolute Gasteiger partial charge is 0.497 e. The molecule has 0 radical (unpaired) electrons. The van der Waals surface area contributed by atoms with Crippen LogP contribution in [0.15, 0.2) is 66.7 Å². The SMILES string of the molecule is COc1ccc(NCc2cccc(OC)c2OCc2ccc(F)cc2)cc1. The molecule has 0 saturated heterocycles. The van der Waals surface area contributed by atoms with Crippen molar-refractivity contribution in [2.75, 3.05) is 19.5 Å². The molecule has 0 bridgehead atoms. The average molecular weight is 367 g/mol. The molecule has 0 unspecified atom stereocenters. The molecule has 3 aromatic rings. The number of rotatable bonds is 8. The normalized spacial score (nSPS) is 10.3. The van der Waals surface area contributed by atoms with Crippen LogP contribution in [-0.2, 0) is 13.2 Å². The van der Waals surface area contributed by atoms with Crippen molar-refractivity contribution in [2.24, 2.45) is 0 Å². The minimum Gasteiger partial charge on any atom is -0.497 e. The molecule has 0 saturated carbocycles. The number of anilines is 1. The zero-order valence-electron chi connectivity index (χ0n) is 15.4. The molecule has 0 spiro atoms. The zero-order valence-corrected chi connectivity index (χ0v) is 15.4. The minimum atomic E-state index is -0.263. The molecule has 0 amide bonds. The van der Waals surface area contributed by atoms with Crippen LogP contribution in [-0.4, -0.2) is 14.2 Å². The van der Waals surface area contributed by atoms with E-state index in [1.165, 1.54) is 12.1 Å². The Balaban J connectivity index is 1.72. The second kappa shape index (κ2) is 8.94. The van der Waals surface area contributed by atoms with Crippen molar-refractivity contribution in [3.05, 3.63) is 83.7 Å². The maximum Gasteiger partial charge on any atom is 0.166 e. The minimum absolute atomic E-state index is 0.263. The molecule has 3 aromatic carbocycles. The van der Waals surface area contributed by atoms with Gasteiger partial charge in [-0.1, -0.05) is 24.3 Å². The maximum atomic E-state index is 13.1. The van der Waals surface area contributed by atoms with Gasteiger partial charge in [-0.15, -0.1) is 0 Å². The number of halogens is 1. The van der Waals surface area contributed by atoms with Gasteiger partial charge in [0, 0.05) is 17.8 Å². The van der Waals surface area contributed by atoms with E-state index in [1.54, 1.807) is 26.4 Å². The summed E-state index contributed by atoms with van der Waals surface area (Å²) in [6.45, 7) is 0.901. The summed E-state index contributed by atoms with van der Waals surface area (Å²) >= 11 is 0. The van der Waals surface area contributed by atoms with Crippen LogP contribution in [0.3, 0.4) is 0 Å². The Labute approximate surface area is 158 Å². The van der Waals surface area contributed by atoms with E-state index in [-0.39, 0.29) is 5.82 Å². The molecule has 0 atom stereocenters. The highest BCUT2D eigenvalue weighted by Crippen LogP contribution is 2.32. The fraction of sp³-hybridized carbons (Fsp3) is 0.182. The molecule has 0 aliphatic heterocycles. The number of methoxy groups -OCH3 is 2. The summed E-state index contributed by atoms with van der Waals surface area (Å²) in [6, 6.07) is 19.8. The van der Waals surface area contributed by atoms with Crippen LogP contribution in [0.5, 0.6) is 17.2 Å². The van der Waals surface area contributed by atoms with Crippen molar-refractivity contribution in [1.29, 1.82) is 0 Å². The topological polar surface area (TPSA) is 39.7 Å². The molecule has 140 valence electrons. The van der Waals surface area contributed by atoms with Gasteiger partial charge in [0.2, 0.25) is 0 Å². The van der Waals surface area contributed by atoms with E-state index in [0.29, 0.717) is 24.7 Å². The second-order valence-corrected chi connectivity index (χ2v) is 5.95. The Bertz CT molecular complexity index is 864. The van der Waals surface area contributed by atoms with E-state index in [0.717, 1.165) is 22.6 Å². The summed E-state index contributed by atoms with van der Waals surface area (Å²) in [7, 11) is 3.25. The smallest absolute Gasteiger partial charge is 0.166 e. The Kier molecular flexibility index (Phi) is 6.15. The van der Waals surface area contributed by atoms with Crippen molar-refractivity contribution in [2.45, 2.75) is 13.2 Å². The summed E-state index contributed by atoms with van der Waals surface area (Å²) in [5, 5.41) is 3.37. The summed E-state index contributed by atoms with van der Waals surface area (Å²) in [5.74, 6) is 1.88. The first-order valence-corrected chi connectivity index (χ1v) is 8.60. The van der Waals surface area contributed by atoms with Gasteiger partial charge in [-0.3, -0.25) is 0 Å². The molecular weight excluding hydrogens is 345 g/mol. The predicted molar refractivity (Wildman–Crippen MR) is 104 cm³/mol. The van der Waals surface area contributed by atoms with Gasteiger partial charge in [0.05, 0.1) is 14.2 Å². The van der Waals surface area contributed by atoms with Gasteiger partial charge >= 0.3 is 0 Å². The number of hydrogen-bond donors (Lipinski definition) is 1. The van der Waals surface area contributed by atoms with Gasteiger partial charge < -0.3 is 19.5 Å². The van der Waals surface area contributed by atoms with Gasteiger partial charge in [-0.25, -0.2) is 4.39 Å². The third kappa shape index (κ3) is 4.91. The van der Waals surface area contributed by atoms with E-state index in [4.69, 9.17) is 14.2 Å². The van der Waals surface area contributed by atoms with E-state index in [9.17, 15) is 4.39 Å². The number of benzene rings is 3. The Hall–Kier alpha value is -3.21. The maximum absolute atomic E-state index is 13.1. The van der Waals surface area contributed by atoms with Crippen LogP contribution in [0.1, 0.15) is 11.1 Å². The zero-order chi connectivity index (χ0) is 19.1. The van der Waals surface area contributed by atoms with Crippen LogP contribution in [0, 0.1) is 5.82 Å². The highest BCUT2D eigenvalue weighted by Gasteiger charge is 2.11. The second-order valence-electron chi connectivity index (χ2n) is 5.95. The Morgan fingerprint density at radius 3 is 2.26 bits per heavy atom. The number of nitrogens with one attached hydrogen (secondary N) is 1. The molecular formula is C22H22FNO3. The van der Waals surface area contributed by atoms with Gasteiger partial charge in [-0.2, -0.15) is 0 Å². The van der Waals surface area contributed by atoms with E-state index in [2.05, 4.69) is 5.32 Å². The van der Waals surface area contributed by atoms with Crippen LogP contribution >= 0.6 is 0 Å². The van der Waals surface area contributed by atoms with Gasteiger partial charge in [-0.05, 0) is 48.0 Å². The lowest BCUT2D eigenvalue weighted by molar-refractivity contribution is 0.281. The van der Waals surface area contributed by atoms with E-state index < -0.39 is 0 Å². The number of para-hydroxylation sites is 1. The van der Waals surface area contributed by atoms with Crippen LogP contribution in [0.25, 0.3) is 0 Å². The van der Waals surface area contributed by atoms with Crippen LogP contribution in [0.4, 0.5) is 10.1 Å². The fourth-order valence-electron chi connectivity index (χ4n) is 2.67. The summed E-state index contributed by atoms with van der Waals surface area (Å²) in [4.78, 5) is 0. The van der Waals surface area contributed by atoms with Crippen molar-refractivity contribution >= 4 is 5.69 Å². The standard InChI is InChI=1S/C22H22FNO3/c1-25-20-12-10-19(11-13-20)24-14-17-4-3-5-21(26-2)22(17)27-15-16-6-8-18(23)9-7-16/h3-13,24H,14-15H2,1-2H3. The van der Waals surface area contributed by atoms with Crippen molar-refractivity contribution in [3.63, 3.8) is 0 Å². The van der Waals surface area contributed by atoms with Crippen LogP contribution < -0.4 is 19.5 Å². The molecule has 3 rings (SSSR count). The Morgan fingerprint density at radius 2 is 1.59 bits per heavy atom. The number of ether oxygens (including phenoxy) is 3. The molecule has 27 heavy (non-hydrogen) atoms. The number of hydrogen-bond acceptors (Lipinski definition) is 4. The molecule has 0 fully saturated rings. The third-order valence-electron chi connectivity index (χ3n) is 4.15. The summed E-state index contributed by atoms with van der Waals surface area (Å²) < 4.78 is 29.7. The third-order valence-corrected chi connectivity index (χ3v) is 4.15. The van der Waals surface area contributed by atoms with E-state index in [1.807, 2.05) is 42.5 Å². The molecule has 0 aromatic heterocycles. The van der Waals surface area contributed by atoms with Crippen LogP contribution in [0.2, 0.25) is 0 Å². The molecule has 0 aliphatic rings. The van der Waals surface area contributed by atoms with Crippen molar-refractivity contribution in [3.8, 4) is 17.2 Å². The van der Waals surface area contributed by atoms with Gasteiger partial charge in [0.15, 0.2) is 11.5 Å². The molecule has 0 heterocycles. The lowest BCUT2D eigenvalue weighted by atomic mass is 10.1. The fourth-order valence-corrected chi connectivity index (χ4v) is 2.67. The first-order chi connectivity index (χ1) is 13.2. The summed E-state index contributed by atoms with van der Waals surface area (Å²) in [5.41, 5.74) is 2.83. The molecule has 1 N–H and O–H groups in total. The lowest BCUT2D eigenvalue weighted by Crippen LogP contribution is -2.05. The summed E-state index contributed by atoms with van der Waals surface area (Å²) in [6.07, 6.45) is 0. The lowest BCUT2D eigenvalue weighted by Gasteiger charge is -2.16. The van der Waals surface area contributed by atoms with Gasteiger partial charge in [0.1, 0.15) is 18.2 Å². The monoisotopic (exact) mass is 367 g/mol.